The summed E-state index contributed by atoms with van der Waals surface area (Å²) in [6.45, 7) is 7.65. The van der Waals surface area contributed by atoms with Gasteiger partial charge in [0, 0.05) is 25.3 Å². The lowest BCUT2D eigenvalue weighted by atomic mass is 10.2. The van der Waals surface area contributed by atoms with Gasteiger partial charge in [0.25, 0.3) is 5.91 Å². The Labute approximate surface area is 124 Å². The molecule has 1 aromatic heterocycles. The Bertz CT molecular complexity index is 511. The van der Waals surface area contributed by atoms with Gasteiger partial charge in [0.15, 0.2) is 0 Å². The van der Waals surface area contributed by atoms with Crippen LogP contribution in [0, 0.1) is 0 Å². The van der Waals surface area contributed by atoms with Crippen LogP contribution in [-0.2, 0) is 0 Å². The van der Waals surface area contributed by atoms with Crippen molar-refractivity contribution in [1.82, 2.24) is 14.8 Å². The van der Waals surface area contributed by atoms with Crippen molar-refractivity contribution in [2.24, 2.45) is 0 Å². The molecule has 0 bridgehead atoms. The summed E-state index contributed by atoms with van der Waals surface area (Å²) in [7, 11) is 0. The summed E-state index contributed by atoms with van der Waals surface area (Å²) in [4.78, 5) is 31.3. The Morgan fingerprint density at radius 3 is 2.62 bits per heavy atom. The summed E-state index contributed by atoms with van der Waals surface area (Å²) in [5, 5.41) is 8.84. The smallest absolute Gasteiger partial charge is 0.337 e. The van der Waals surface area contributed by atoms with E-state index in [1.807, 2.05) is 0 Å². The van der Waals surface area contributed by atoms with Crippen LogP contribution in [0.25, 0.3) is 0 Å². The molecule has 1 aliphatic rings. The van der Waals surface area contributed by atoms with Gasteiger partial charge in [-0.05, 0) is 31.6 Å². The number of amides is 1. The summed E-state index contributed by atoms with van der Waals surface area (Å²) in [6, 6.07) is 3.30. The van der Waals surface area contributed by atoms with Gasteiger partial charge in [0.05, 0.1) is 5.56 Å². The molecule has 1 N–H and O–H groups in total. The van der Waals surface area contributed by atoms with E-state index in [4.69, 9.17) is 5.11 Å². The SMILES string of the molecule is CCN(CC)C1CCN(C(=O)c2ccc(C(=O)O)cn2)C1. The highest BCUT2D eigenvalue weighted by molar-refractivity contribution is 5.94. The van der Waals surface area contributed by atoms with Gasteiger partial charge >= 0.3 is 5.97 Å². The number of carboxylic acid groups (broad SMARTS) is 1. The van der Waals surface area contributed by atoms with E-state index in [1.165, 1.54) is 18.3 Å². The van der Waals surface area contributed by atoms with E-state index >= 15 is 0 Å². The van der Waals surface area contributed by atoms with Crippen LogP contribution >= 0.6 is 0 Å². The molecule has 6 nitrogen and oxygen atoms in total. The number of aromatic carboxylic acids is 1. The molecule has 0 radical (unpaired) electrons. The van der Waals surface area contributed by atoms with Crippen LogP contribution in [0.1, 0.15) is 41.1 Å². The second-order valence-electron chi connectivity index (χ2n) is 5.15. The molecule has 2 heterocycles. The predicted octanol–water partition coefficient (Wildman–Crippen LogP) is 1.34. The summed E-state index contributed by atoms with van der Waals surface area (Å²) in [5.41, 5.74) is 0.397. The maximum Gasteiger partial charge on any atom is 0.337 e. The molecule has 1 aromatic rings. The maximum absolute atomic E-state index is 12.4. The molecule has 6 heteroatoms. The number of carboxylic acids is 1. The lowest BCUT2D eigenvalue weighted by molar-refractivity contribution is 0.0693. The average Bonchev–Trinajstić information content (AvgIpc) is 2.97. The average molecular weight is 291 g/mol. The molecule has 21 heavy (non-hydrogen) atoms. The molecule has 0 aromatic carbocycles. The van der Waals surface area contributed by atoms with Crippen molar-refractivity contribution in [1.29, 1.82) is 0 Å². The fraction of sp³-hybridized carbons (Fsp3) is 0.533. The quantitative estimate of drug-likeness (QED) is 0.886. The van der Waals surface area contributed by atoms with E-state index in [1.54, 1.807) is 4.90 Å². The Hall–Kier alpha value is -1.95. The van der Waals surface area contributed by atoms with Crippen LogP contribution < -0.4 is 0 Å². The predicted molar refractivity (Wildman–Crippen MR) is 78.4 cm³/mol. The molecular weight excluding hydrogens is 270 g/mol. The molecule has 1 fully saturated rings. The number of carbonyl (C=O) groups excluding carboxylic acids is 1. The van der Waals surface area contributed by atoms with Crippen molar-refractivity contribution in [3.8, 4) is 0 Å². The van der Waals surface area contributed by atoms with E-state index in [0.29, 0.717) is 18.3 Å². The topological polar surface area (TPSA) is 73.7 Å². The Morgan fingerprint density at radius 2 is 2.10 bits per heavy atom. The monoisotopic (exact) mass is 291 g/mol. The molecule has 1 saturated heterocycles. The van der Waals surface area contributed by atoms with Crippen molar-refractivity contribution in [3.63, 3.8) is 0 Å². The van der Waals surface area contributed by atoms with Crippen LogP contribution in [0.2, 0.25) is 0 Å². The van der Waals surface area contributed by atoms with E-state index in [-0.39, 0.29) is 11.5 Å². The zero-order valence-electron chi connectivity index (χ0n) is 12.5. The minimum Gasteiger partial charge on any atom is -0.478 e. The zero-order chi connectivity index (χ0) is 15.4. The van der Waals surface area contributed by atoms with Crippen LogP contribution in [0.3, 0.4) is 0 Å². The van der Waals surface area contributed by atoms with E-state index in [2.05, 4.69) is 23.7 Å². The lowest BCUT2D eigenvalue weighted by Gasteiger charge is -2.26. The summed E-state index contributed by atoms with van der Waals surface area (Å²) in [5.74, 6) is -1.16. The maximum atomic E-state index is 12.4. The number of likely N-dealkylation sites (N-methyl/N-ethyl adjacent to an activating group) is 1. The number of likely N-dealkylation sites (tertiary alicyclic amines) is 1. The molecule has 114 valence electrons. The van der Waals surface area contributed by atoms with Gasteiger partial charge in [-0.25, -0.2) is 4.79 Å². The first-order valence-corrected chi connectivity index (χ1v) is 7.29. The molecule has 2 rings (SSSR count). The van der Waals surface area contributed by atoms with Gasteiger partial charge in [0.1, 0.15) is 5.69 Å². The highest BCUT2D eigenvalue weighted by atomic mass is 16.4. The molecule has 0 saturated carbocycles. The third-order valence-corrected chi connectivity index (χ3v) is 4.01. The molecule has 1 unspecified atom stereocenters. The van der Waals surface area contributed by atoms with E-state index in [9.17, 15) is 9.59 Å². The second kappa shape index (κ2) is 6.67. The number of hydrogen-bond acceptors (Lipinski definition) is 4. The first-order chi connectivity index (χ1) is 10.1. The first-order valence-electron chi connectivity index (χ1n) is 7.29. The number of rotatable bonds is 5. The second-order valence-corrected chi connectivity index (χ2v) is 5.15. The third-order valence-electron chi connectivity index (χ3n) is 4.01. The molecular formula is C15H21N3O3. The molecule has 1 amide bonds. The first kappa shape index (κ1) is 15.4. The van der Waals surface area contributed by atoms with Crippen molar-refractivity contribution in [2.45, 2.75) is 26.3 Å². The van der Waals surface area contributed by atoms with Crippen LogP contribution in [-0.4, -0.2) is 64.0 Å². The number of carbonyl (C=O) groups is 2. The number of pyridine rings is 1. The van der Waals surface area contributed by atoms with Crippen molar-refractivity contribution < 1.29 is 14.7 Å². The van der Waals surface area contributed by atoms with E-state index < -0.39 is 5.97 Å². The van der Waals surface area contributed by atoms with Crippen molar-refractivity contribution in [3.05, 3.63) is 29.6 Å². The standard InChI is InChI=1S/C15H21N3O3/c1-3-17(4-2)12-7-8-18(10-12)14(19)13-6-5-11(9-16-13)15(20)21/h5-6,9,12H,3-4,7-8,10H2,1-2H3,(H,20,21). The van der Waals surface area contributed by atoms with Gasteiger partial charge in [-0.15, -0.1) is 0 Å². The minimum absolute atomic E-state index is 0.0917. The summed E-state index contributed by atoms with van der Waals surface area (Å²) >= 11 is 0. The fourth-order valence-electron chi connectivity index (χ4n) is 2.77. The number of nitrogens with zero attached hydrogens (tertiary/aromatic N) is 3. The Balaban J connectivity index is 2.02. The normalized spacial score (nSPS) is 18.2. The van der Waals surface area contributed by atoms with Gasteiger partial charge in [-0.3, -0.25) is 14.7 Å². The van der Waals surface area contributed by atoms with Gasteiger partial charge in [-0.2, -0.15) is 0 Å². The lowest BCUT2D eigenvalue weighted by Crippen LogP contribution is -2.38. The third kappa shape index (κ3) is 3.39. The minimum atomic E-state index is -1.04. The van der Waals surface area contributed by atoms with Gasteiger partial charge < -0.3 is 10.0 Å². The molecule has 1 atom stereocenters. The van der Waals surface area contributed by atoms with Crippen LogP contribution in [0.15, 0.2) is 18.3 Å². The number of hydrogen-bond donors (Lipinski definition) is 1. The molecule has 1 aliphatic heterocycles. The highest BCUT2D eigenvalue weighted by Crippen LogP contribution is 2.17. The van der Waals surface area contributed by atoms with Gasteiger partial charge in [0.2, 0.25) is 0 Å². The van der Waals surface area contributed by atoms with Crippen molar-refractivity contribution in [2.75, 3.05) is 26.2 Å². The molecule has 0 spiro atoms. The Morgan fingerprint density at radius 1 is 1.38 bits per heavy atom. The van der Waals surface area contributed by atoms with Gasteiger partial charge in [-0.1, -0.05) is 13.8 Å². The van der Waals surface area contributed by atoms with Crippen LogP contribution in [0.5, 0.6) is 0 Å². The largest absolute Gasteiger partial charge is 0.478 e. The Kier molecular flexibility index (Phi) is 4.90. The number of aromatic nitrogens is 1. The molecule has 0 aliphatic carbocycles. The fourth-order valence-corrected chi connectivity index (χ4v) is 2.77. The summed E-state index contributed by atoms with van der Waals surface area (Å²) in [6.07, 6.45) is 2.20. The van der Waals surface area contributed by atoms with E-state index in [0.717, 1.165) is 26.1 Å². The van der Waals surface area contributed by atoms with Crippen LogP contribution in [0.4, 0.5) is 0 Å². The summed E-state index contributed by atoms with van der Waals surface area (Å²) < 4.78 is 0. The zero-order valence-corrected chi connectivity index (χ0v) is 12.5. The van der Waals surface area contributed by atoms with Crippen molar-refractivity contribution >= 4 is 11.9 Å². The highest BCUT2D eigenvalue weighted by Gasteiger charge is 2.30.